The highest BCUT2D eigenvalue weighted by Gasteiger charge is 2.39. The van der Waals surface area contributed by atoms with E-state index in [1.165, 1.54) is 0 Å². The van der Waals surface area contributed by atoms with Crippen LogP contribution in [0.5, 0.6) is 0 Å². The second-order valence-electron chi connectivity index (χ2n) is 6.54. The Hall–Kier alpha value is -2.88. The fraction of sp³-hybridized carbons (Fsp3) is 0.474. The summed E-state index contributed by atoms with van der Waals surface area (Å²) >= 11 is 0. The average molecular weight is 354 g/mol. The van der Waals surface area contributed by atoms with E-state index in [0.29, 0.717) is 38.8 Å². The molecule has 136 valence electrons. The van der Waals surface area contributed by atoms with E-state index in [0.717, 1.165) is 11.3 Å². The Kier molecular flexibility index (Phi) is 5.21. The molecule has 0 bridgehead atoms. The Morgan fingerprint density at radius 3 is 2.92 bits per heavy atom. The summed E-state index contributed by atoms with van der Waals surface area (Å²) in [7, 11) is 0. The highest BCUT2D eigenvalue weighted by Crippen LogP contribution is 2.37. The molecule has 1 aromatic rings. The SMILES string of the molecule is C#CCCC1(CCC(=O)NC(C)c2cccc(N3CCOC3=O)c2)N=N1. The number of terminal acetylenes is 1. The summed E-state index contributed by atoms with van der Waals surface area (Å²) in [4.78, 5) is 25.5. The van der Waals surface area contributed by atoms with Gasteiger partial charge in [0.15, 0.2) is 5.66 Å². The molecular weight excluding hydrogens is 332 g/mol. The van der Waals surface area contributed by atoms with Crippen molar-refractivity contribution in [2.45, 2.75) is 44.3 Å². The summed E-state index contributed by atoms with van der Waals surface area (Å²) in [6.45, 7) is 2.85. The van der Waals surface area contributed by atoms with Crippen LogP contribution < -0.4 is 10.2 Å². The quantitative estimate of drug-likeness (QED) is 0.728. The lowest BCUT2D eigenvalue weighted by molar-refractivity contribution is -0.122. The summed E-state index contributed by atoms with van der Waals surface area (Å²) in [6.07, 6.45) is 7.16. The Labute approximate surface area is 152 Å². The third kappa shape index (κ3) is 4.20. The van der Waals surface area contributed by atoms with Crippen molar-refractivity contribution in [2.24, 2.45) is 10.2 Å². The zero-order valence-electron chi connectivity index (χ0n) is 14.8. The maximum atomic E-state index is 12.2. The van der Waals surface area contributed by atoms with E-state index < -0.39 is 5.66 Å². The fourth-order valence-electron chi connectivity index (χ4n) is 2.97. The molecule has 2 amide bonds. The maximum Gasteiger partial charge on any atom is 0.414 e. The second-order valence-corrected chi connectivity index (χ2v) is 6.54. The molecular formula is C19H22N4O3. The minimum Gasteiger partial charge on any atom is -0.447 e. The molecule has 0 spiro atoms. The van der Waals surface area contributed by atoms with Gasteiger partial charge in [-0.25, -0.2) is 4.79 Å². The predicted molar refractivity (Wildman–Crippen MR) is 96.6 cm³/mol. The van der Waals surface area contributed by atoms with Crippen molar-refractivity contribution < 1.29 is 14.3 Å². The second kappa shape index (κ2) is 7.56. The molecule has 26 heavy (non-hydrogen) atoms. The van der Waals surface area contributed by atoms with Gasteiger partial charge in [-0.2, -0.15) is 10.2 Å². The lowest BCUT2D eigenvalue weighted by Crippen LogP contribution is -2.28. The van der Waals surface area contributed by atoms with Gasteiger partial charge in [-0.05, 0) is 24.6 Å². The van der Waals surface area contributed by atoms with E-state index >= 15 is 0 Å². The lowest BCUT2D eigenvalue weighted by Gasteiger charge is -2.18. The van der Waals surface area contributed by atoms with Crippen molar-refractivity contribution in [1.29, 1.82) is 0 Å². The first-order valence-electron chi connectivity index (χ1n) is 8.74. The number of rotatable bonds is 8. The van der Waals surface area contributed by atoms with Crippen LogP contribution >= 0.6 is 0 Å². The summed E-state index contributed by atoms with van der Waals surface area (Å²) in [6, 6.07) is 7.38. The van der Waals surface area contributed by atoms with Crippen LogP contribution in [0.15, 0.2) is 34.5 Å². The number of carbonyl (C=O) groups excluding carboxylic acids is 2. The molecule has 2 aliphatic heterocycles. The lowest BCUT2D eigenvalue weighted by atomic mass is 10.0. The fourth-order valence-corrected chi connectivity index (χ4v) is 2.97. The standard InChI is InChI=1S/C19H22N4O3/c1-3-4-9-19(21-22-19)10-8-17(24)20-14(2)15-6-5-7-16(13-15)23-11-12-26-18(23)25/h1,5-7,13-14H,4,8-12H2,2H3,(H,20,24). The molecule has 1 saturated heterocycles. The summed E-state index contributed by atoms with van der Waals surface area (Å²) in [5.41, 5.74) is 1.26. The van der Waals surface area contributed by atoms with Crippen molar-refractivity contribution in [3.8, 4) is 12.3 Å². The molecule has 1 aromatic carbocycles. The number of carbonyl (C=O) groups is 2. The van der Waals surface area contributed by atoms with Gasteiger partial charge in [0.1, 0.15) is 6.61 Å². The van der Waals surface area contributed by atoms with E-state index in [1.54, 1.807) is 4.90 Å². The van der Waals surface area contributed by atoms with Gasteiger partial charge >= 0.3 is 6.09 Å². The molecule has 7 heteroatoms. The molecule has 0 saturated carbocycles. The van der Waals surface area contributed by atoms with Crippen LogP contribution in [0.4, 0.5) is 10.5 Å². The third-order valence-electron chi connectivity index (χ3n) is 4.63. The van der Waals surface area contributed by atoms with Gasteiger partial charge in [-0.15, -0.1) is 12.3 Å². The number of amides is 2. The van der Waals surface area contributed by atoms with Crippen molar-refractivity contribution in [1.82, 2.24) is 5.32 Å². The number of anilines is 1. The zero-order chi connectivity index (χ0) is 18.6. The van der Waals surface area contributed by atoms with Crippen LogP contribution in [-0.2, 0) is 9.53 Å². The molecule has 1 N–H and O–H groups in total. The molecule has 0 aromatic heterocycles. The Morgan fingerprint density at radius 2 is 2.27 bits per heavy atom. The van der Waals surface area contributed by atoms with Gasteiger partial charge < -0.3 is 10.1 Å². The number of ether oxygens (including phenoxy) is 1. The third-order valence-corrected chi connectivity index (χ3v) is 4.63. The first-order valence-corrected chi connectivity index (χ1v) is 8.74. The summed E-state index contributed by atoms with van der Waals surface area (Å²) < 4.78 is 4.97. The van der Waals surface area contributed by atoms with Gasteiger partial charge in [0, 0.05) is 31.4 Å². The average Bonchev–Trinajstić information content (AvgIpc) is 3.29. The number of nitrogens with one attached hydrogen (secondary N) is 1. The maximum absolute atomic E-state index is 12.2. The largest absolute Gasteiger partial charge is 0.447 e. The smallest absolute Gasteiger partial charge is 0.414 e. The van der Waals surface area contributed by atoms with Crippen LogP contribution in [0.25, 0.3) is 0 Å². The van der Waals surface area contributed by atoms with Crippen LogP contribution in [0, 0.1) is 12.3 Å². The van der Waals surface area contributed by atoms with E-state index in [2.05, 4.69) is 21.5 Å². The van der Waals surface area contributed by atoms with Crippen LogP contribution in [0.1, 0.15) is 44.2 Å². The van der Waals surface area contributed by atoms with E-state index in [-0.39, 0.29) is 18.0 Å². The highest BCUT2D eigenvalue weighted by atomic mass is 16.6. The zero-order valence-corrected chi connectivity index (χ0v) is 14.8. The van der Waals surface area contributed by atoms with Crippen LogP contribution in [0.3, 0.4) is 0 Å². The summed E-state index contributed by atoms with van der Waals surface area (Å²) in [5, 5.41) is 11.1. The normalized spacial score (nSPS) is 18.2. The van der Waals surface area contributed by atoms with Crippen molar-refractivity contribution in [2.75, 3.05) is 18.1 Å². The first-order chi connectivity index (χ1) is 12.5. The molecule has 0 aliphatic carbocycles. The molecule has 1 unspecified atom stereocenters. The predicted octanol–water partition coefficient (Wildman–Crippen LogP) is 3.18. The van der Waals surface area contributed by atoms with Crippen LogP contribution in [-0.4, -0.2) is 30.8 Å². The van der Waals surface area contributed by atoms with Crippen LogP contribution in [0.2, 0.25) is 0 Å². The molecule has 1 atom stereocenters. The highest BCUT2D eigenvalue weighted by molar-refractivity contribution is 5.89. The van der Waals surface area contributed by atoms with E-state index in [9.17, 15) is 9.59 Å². The topological polar surface area (TPSA) is 83.4 Å². The van der Waals surface area contributed by atoms with E-state index in [1.807, 2.05) is 31.2 Å². The minimum atomic E-state index is -0.441. The van der Waals surface area contributed by atoms with Crippen molar-refractivity contribution in [3.63, 3.8) is 0 Å². The van der Waals surface area contributed by atoms with Gasteiger partial charge in [0.25, 0.3) is 0 Å². The molecule has 2 heterocycles. The monoisotopic (exact) mass is 354 g/mol. The number of benzene rings is 1. The Balaban J connectivity index is 1.53. The first kappa shape index (κ1) is 17.9. The van der Waals surface area contributed by atoms with Gasteiger partial charge in [-0.3, -0.25) is 9.69 Å². The number of hydrogen-bond acceptors (Lipinski definition) is 5. The van der Waals surface area contributed by atoms with Crippen molar-refractivity contribution in [3.05, 3.63) is 29.8 Å². The number of nitrogens with zero attached hydrogens (tertiary/aromatic N) is 3. The van der Waals surface area contributed by atoms with Crippen molar-refractivity contribution >= 4 is 17.7 Å². The molecule has 2 aliphatic rings. The van der Waals surface area contributed by atoms with Gasteiger partial charge in [-0.1, -0.05) is 12.1 Å². The Morgan fingerprint density at radius 1 is 1.46 bits per heavy atom. The summed E-state index contributed by atoms with van der Waals surface area (Å²) in [5.74, 6) is 2.52. The van der Waals surface area contributed by atoms with E-state index in [4.69, 9.17) is 11.2 Å². The Bertz CT molecular complexity index is 762. The number of cyclic esters (lactones) is 1. The molecule has 0 radical (unpaired) electrons. The van der Waals surface area contributed by atoms with Gasteiger partial charge in [0.05, 0.1) is 12.6 Å². The number of hydrogen-bond donors (Lipinski definition) is 1. The van der Waals surface area contributed by atoms with Gasteiger partial charge in [0.2, 0.25) is 5.91 Å². The molecule has 3 rings (SSSR count). The molecule has 7 nitrogen and oxygen atoms in total. The minimum absolute atomic E-state index is 0.0548. The molecule has 1 fully saturated rings.